The van der Waals surface area contributed by atoms with Gasteiger partial charge >= 0.3 is 10.3 Å². The van der Waals surface area contributed by atoms with Crippen molar-refractivity contribution in [2.45, 2.75) is 37.4 Å². The van der Waals surface area contributed by atoms with Gasteiger partial charge in [0.05, 0.1) is 18.2 Å². The average Bonchev–Trinajstić information content (AvgIpc) is 3.39. The molecule has 2 aromatic heterocycles. The number of pyridine rings is 1. The highest BCUT2D eigenvalue weighted by Gasteiger charge is 2.45. The van der Waals surface area contributed by atoms with Crippen LogP contribution in [0.25, 0.3) is 0 Å². The largest absolute Gasteiger partial charge is 0.387 e. The van der Waals surface area contributed by atoms with Gasteiger partial charge < -0.3 is 10.4 Å². The van der Waals surface area contributed by atoms with E-state index in [1.807, 2.05) is 16.9 Å². The van der Waals surface area contributed by atoms with Gasteiger partial charge in [-0.3, -0.25) is 18.6 Å². The van der Waals surface area contributed by atoms with E-state index in [2.05, 4.69) is 15.4 Å². The number of aliphatic hydroxyl groups is 1. The summed E-state index contributed by atoms with van der Waals surface area (Å²) in [5.41, 5.74) is 1.49. The molecular weight excluding hydrogens is 501 g/mol. The van der Waals surface area contributed by atoms with Crippen LogP contribution in [0.4, 0.5) is 10.1 Å². The fourth-order valence-electron chi connectivity index (χ4n) is 3.84. The van der Waals surface area contributed by atoms with E-state index < -0.39 is 40.5 Å². The van der Waals surface area contributed by atoms with Gasteiger partial charge in [-0.15, -0.1) is 0 Å². The van der Waals surface area contributed by atoms with Crippen LogP contribution in [-0.4, -0.2) is 65.5 Å². The Hall–Kier alpha value is -2.90. The van der Waals surface area contributed by atoms with E-state index in [0.29, 0.717) is 11.6 Å². The zero-order chi connectivity index (χ0) is 25.2. The lowest BCUT2D eigenvalue weighted by atomic mass is 10.1. The lowest BCUT2D eigenvalue weighted by Gasteiger charge is -2.18. The van der Waals surface area contributed by atoms with Gasteiger partial charge in [-0.1, -0.05) is 23.7 Å². The number of halogens is 2. The molecule has 1 aliphatic rings. The first kappa shape index (κ1) is 25.2. The molecule has 1 aromatic carbocycles. The monoisotopic (exact) mass is 523 g/mol. The number of hydrogen-bond acceptors (Lipinski definition) is 8. The highest BCUT2D eigenvalue weighted by Crippen LogP contribution is 2.31. The first-order valence-corrected chi connectivity index (χ1v) is 12.4. The van der Waals surface area contributed by atoms with E-state index in [9.17, 15) is 22.7 Å². The summed E-state index contributed by atoms with van der Waals surface area (Å²) < 4.78 is 46.4. The zero-order valence-electron chi connectivity index (χ0n) is 18.5. The number of aliphatic hydroxyl groups excluding tert-OH is 1. The summed E-state index contributed by atoms with van der Waals surface area (Å²) in [4.78, 5) is 17.2. The Bertz CT molecular complexity index is 1320. The maximum absolute atomic E-state index is 14.8. The summed E-state index contributed by atoms with van der Waals surface area (Å²) in [5.74, 6) is -0.440. The fourth-order valence-corrected chi connectivity index (χ4v) is 4.67. The summed E-state index contributed by atoms with van der Waals surface area (Å²) in [6.45, 7) is 0.409. The Morgan fingerprint density at radius 2 is 2.14 bits per heavy atom. The number of anilines is 1. The first-order chi connectivity index (χ1) is 16.7. The predicted octanol–water partition coefficient (Wildman–Crippen LogP) is 1.94. The minimum atomic E-state index is -4.12. The van der Waals surface area contributed by atoms with E-state index in [0.717, 1.165) is 12.6 Å². The summed E-state index contributed by atoms with van der Waals surface area (Å²) in [5, 5.41) is 17.9. The highest BCUT2D eigenvalue weighted by atomic mass is 35.5. The van der Waals surface area contributed by atoms with E-state index in [-0.39, 0.29) is 23.4 Å². The minimum absolute atomic E-state index is 0.145. The number of hydrogen-bond donors (Lipinski definition) is 3. The normalized spacial score (nSPS) is 22.3. The maximum Gasteiger partial charge on any atom is 0.335 e. The maximum atomic E-state index is 14.8. The van der Waals surface area contributed by atoms with Crippen LogP contribution >= 0.6 is 11.6 Å². The molecule has 4 rings (SSSR count). The second kappa shape index (κ2) is 10.4. The van der Waals surface area contributed by atoms with Crippen LogP contribution in [-0.2, 0) is 21.0 Å². The molecule has 0 amide bonds. The van der Waals surface area contributed by atoms with Crippen molar-refractivity contribution in [3.05, 3.63) is 76.8 Å². The van der Waals surface area contributed by atoms with Crippen LogP contribution in [0.3, 0.4) is 0 Å². The topological polar surface area (TPSA) is 135 Å². The molecule has 186 valence electrons. The summed E-state index contributed by atoms with van der Waals surface area (Å²) >= 11 is 6.02. The third kappa shape index (κ3) is 5.85. The number of rotatable bonds is 9. The Labute approximate surface area is 206 Å². The van der Waals surface area contributed by atoms with Crippen LogP contribution in [0.15, 0.2) is 55.0 Å². The van der Waals surface area contributed by atoms with Crippen LogP contribution in [0.5, 0.6) is 0 Å². The van der Waals surface area contributed by atoms with Gasteiger partial charge in [-0.2, -0.15) is 18.2 Å². The molecule has 1 aliphatic carbocycles. The molecule has 4 atom stereocenters. The molecule has 10 nitrogen and oxygen atoms in total. The minimum Gasteiger partial charge on any atom is -0.387 e. The molecule has 13 heteroatoms. The van der Waals surface area contributed by atoms with E-state index in [1.54, 1.807) is 29.1 Å². The lowest BCUT2D eigenvalue weighted by molar-refractivity contribution is 0.0248. The molecule has 35 heavy (non-hydrogen) atoms. The van der Waals surface area contributed by atoms with Crippen molar-refractivity contribution in [1.82, 2.24) is 19.5 Å². The standard InChI is InChI=1S/C22H23ClFN5O5S/c1-25-35(32,33)34-19-10-18(20(24)22(19)31)27-16-5-7-26-11-15(16)21(30)17-6-8-29(28-17)12-13-3-2-4-14(23)9-13/h2-9,11,18-20,22,25,31H,10,12H2,1H3,(H,26,27)/t18-,19-,20-,22-/m1/s1. The SMILES string of the molecule is CNS(=O)(=O)O[C@@H]1C[C@@H](Nc2ccncc2C(=O)c2ccn(Cc3cccc(Cl)c3)n2)[C@@H](F)[C@@H]1O. The number of aromatic nitrogens is 3. The van der Waals surface area contributed by atoms with Crippen LogP contribution in [0.2, 0.25) is 5.02 Å². The quantitative estimate of drug-likeness (QED) is 0.362. The Morgan fingerprint density at radius 3 is 2.89 bits per heavy atom. The van der Waals surface area contributed by atoms with Gasteiger partial charge in [0.1, 0.15) is 24.1 Å². The van der Waals surface area contributed by atoms with Gasteiger partial charge in [-0.25, -0.2) is 4.39 Å². The van der Waals surface area contributed by atoms with Gasteiger partial charge in [0.25, 0.3) is 0 Å². The number of carbonyl (C=O) groups is 1. The second-order valence-electron chi connectivity index (χ2n) is 7.99. The summed E-state index contributed by atoms with van der Waals surface area (Å²) in [6.07, 6.45) is -0.518. The van der Waals surface area contributed by atoms with Crippen LogP contribution in [0.1, 0.15) is 28.0 Å². The van der Waals surface area contributed by atoms with Crippen molar-refractivity contribution in [3.63, 3.8) is 0 Å². The summed E-state index contributed by atoms with van der Waals surface area (Å²) in [7, 11) is -2.98. The Morgan fingerprint density at radius 1 is 1.34 bits per heavy atom. The molecule has 0 bridgehead atoms. The third-order valence-electron chi connectivity index (χ3n) is 5.59. The van der Waals surface area contributed by atoms with Gasteiger partial charge in [0, 0.05) is 42.8 Å². The highest BCUT2D eigenvalue weighted by molar-refractivity contribution is 7.84. The smallest absolute Gasteiger partial charge is 0.335 e. The molecule has 2 heterocycles. The third-order valence-corrected chi connectivity index (χ3v) is 6.83. The Balaban J connectivity index is 1.50. The van der Waals surface area contributed by atoms with Crippen LogP contribution < -0.4 is 10.0 Å². The number of alkyl halides is 1. The number of nitrogens with zero attached hydrogens (tertiary/aromatic N) is 3. The van der Waals surface area contributed by atoms with Gasteiger partial charge in [0.15, 0.2) is 0 Å². The van der Waals surface area contributed by atoms with Gasteiger partial charge in [0.2, 0.25) is 5.78 Å². The van der Waals surface area contributed by atoms with Crippen molar-refractivity contribution in [1.29, 1.82) is 0 Å². The van der Waals surface area contributed by atoms with E-state index in [4.69, 9.17) is 15.8 Å². The van der Waals surface area contributed by atoms with E-state index in [1.165, 1.54) is 18.5 Å². The molecule has 1 saturated carbocycles. The van der Waals surface area contributed by atoms with Crippen molar-refractivity contribution in [2.24, 2.45) is 0 Å². The molecular formula is C22H23ClFN5O5S. The van der Waals surface area contributed by atoms with Crippen molar-refractivity contribution in [3.8, 4) is 0 Å². The molecule has 0 spiro atoms. The van der Waals surface area contributed by atoms with Crippen molar-refractivity contribution >= 4 is 33.4 Å². The molecule has 3 aromatic rings. The number of carbonyl (C=O) groups excluding carboxylic acids is 1. The van der Waals surface area contributed by atoms with Crippen LogP contribution in [0, 0.1) is 0 Å². The van der Waals surface area contributed by atoms with E-state index >= 15 is 0 Å². The molecule has 0 saturated heterocycles. The van der Waals surface area contributed by atoms with Crippen molar-refractivity contribution < 1.29 is 26.9 Å². The number of benzene rings is 1. The second-order valence-corrected chi connectivity index (χ2v) is 9.94. The Kier molecular flexibility index (Phi) is 7.47. The molecule has 0 aliphatic heterocycles. The number of nitrogens with one attached hydrogen (secondary N) is 2. The molecule has 1 fully saturated rings. The van der Waals surface area contributed by atoms with Gasteiger partial charge in [-0.05, 0) is 29.8 Å². The average molecular weight is 524 g/mol. The first-order valence-electron chi connectivity index (χ1n) is 10.6. The zero-order valence-corrected chi connectivity index (χ0v) is 20.1. The predicted molar refractivity (Wildman–Crippen MR) is 126 cm³/mol. The lowest BCUT2D eigenvalue weighted by Crippen LogP contribution is -2.35. The molecule has 3 N–H and O–H groups in total. The van der Waals surface area contributed by atoms with Crippen molar-refractivity contribution in [2.75, 3.05) is 12.4 Å². The molecule has 0 radical (unpaired) electrons. The number of ketones is 1. The summed E-state index contributed by atoms with van der Waals surface area (Å²) in [6, 6.07) is 9.33. The molecule has 0 unspecified atom stereocenters. The fraction of sp³-hybridized carbons (Fsp3) is 0.318.